The molecule has 1 saturated heterocycles. The summed E-state index contributed by atoms with van der Waals surface area (Å²) in [6.45, 7) is 2.57. The van der Waals surface area contributed by atoms with Crippen LogP contribution < -0.4 is 0 Å². The molecule has 0 radical (unpaired) electrons. The van der Waals surface area contributed by atoms with Gasteiger partial charge in [-0.05, 0) is 30.0 Å². The lowest BCUT2D eigenvalue weighted by Gasteiger charge is -2.25. The molecular formula is C15H16F3N5O. The van der Waals surface area contributed by atoms with Crippen LogP contribution in [0, 0.1) is 5.92 Å². The minimum atomic E-state index is -4.37. The van der Waals surface area contributed by atoms with E-state index in [4.69, 9.17) is 0 Å². The number of H-pyrrole nitrogens is 1. The zero-order chi connectivity index (χ0) is 17.3. The number of rotatable bonds is 3. The van der Waals surface area contributed by atoms with E-state index in [1.54, 1.807) is 4.90 Å². The number of amides is 1. The van der Waals surface area contributed by atoms with E-state index in [1.807, 2.05) is 6.92 Å². The van der Waals surface area contributed by atoms with Gasteiger partial charge in [0.05, 0.1) is 18.0 Å². The normalized spacial score (nSPS) is 21.2. The van der Waals surface area contributed by atoms with Crippen molar-refractivity contribution >= 4 is 5.91 Å². The molecule has 0 aliphatic carbocycles. The number of carbonyl (C=O) groups is 1. The Morgan fingerprint density at radius 3 is 2.62 bits per heavy atom. The quantitative estimate of drug-likeness (QED) is 0.932. The lowest BCUT2D eigenvalue weighted by molar-refractivity contribution is -0.137. The highest BCUT2D eigenvalue weighted by Gasteiger charge is 2.35. The van der Waals surface area contributed by atoms with Crippen LogP contribution in [0.5, 0.6) is 0 Å². The highest BCUT2D eigenvalue weighted by atomic mass is 19.4. The third-order valence-corrected chi connectivity index (χ3v) is 4.15. The summed E-state index contributed by atoms with van der Waals surface area (Å²) >= 11 is 0. The fourth-order valence-corrected chi connectivity index (χ4v) is 3.03. The van der Waals surface area contributed by atoms with Crippen molar-refractivity contribution in [1.82, 2.24) is 25.5 Å². The molecular weight excluding hydrogens is 323 g/mol. The molecule has 2 heterocycles. The van der Waals surface area contributed by atoms with Crippen LogP contribution in [0.3, 0.4) is 0 Å². The first kappa shape index (κ1) is 16.4. The number of aromatic nitrogens is 4. The molecule has 0 spiro atoms. The smallest absolute Gasteiger partial charge is 0.335 e. The largest absolute Gasteiger partial charge is 0.416 e. The third-order valence-electron chi connectivity index (χ3n) is 4.15. The van der Waals surface area contributed by atoms with Gasteiger partial charge in [0.25, 0.3) is 0 Å². The van der Waals surface area contributed by atoms with Crippen LogP contribution in [0.15, 0.2) is 24.3 Å². The number of nitrogens with one attached hydrogen (secondary N) is 1. The maximum Gasteiger partial charge on any atom is 0.416 e. The van der Waals surface area contributed by atoms with E-state index >= 15 is 0 Å². The predicted octanol–water partition coefficient (Wildman–Crippen LogP) is 2.37. The van der Waals surface area contributed by atoms with Gasteiger partial charge in [0.1, 0.15) is 0 Å². The molecule has 1 aliphatic rings. The highest BCUT2D eigenvalue weighted by Crippen LogP contribution is 2.37. The van der Waals surface area contributed by atoms with Crippen LogP contribution in [0.25, 0.3) is 0 Å². The van der Waals surface area contributed by atoms with Crippen LogP contribution in [-0.4, -0.2) is 38.0 Å². The summed E-state index contributed by atoms with van der Waals surface area (Å²) in [4.78, 5) is 14.2. The van der Waals surface area contributed by atoms with E-state index in [0.717, 1.165) is 12.1 Å². The maximum absolute atomic E-state index is 12.7. The van der Waals surface area contributed by atoms with Gasteiger partial charge in [-0.2, -0.15) is 18.4 Å². The summed E-state index contributed by atoms with van der Waals surface area (Å²) in [5.74, 6) is 0.405. The average Bonchev–Trinajstić information content (AvgIpc) is 3.16. The van der Waals surface area contributed by atoms with Crippen molar-refractivity contribution in [3.05, 3.63) is 41.2 Å². The number of tetrazole rings is 1. The predicted molar refractivity (Wildman–Crippen MR) is 77.6 cm³/mol. The summed E-state index contributed by atoms with van der Waals surface area (Å²) in [5, 5.41) is 13.2. The second-order valence-electron chi connectivity index (χ2n) is 6.03. The number of benzene rings is 1. The van der Waals surface area contributed by atoms with Crippen LogP contribution in [0.1, 0.15) is 36.3 Å². The van der Waals surface area contributed by atoms with Crippen LogP contribution in [0.4, 0.5) is 13.2 Å². The first-order chi connectivity index (χ1) is 11.3. The lowest BCUT2D eigenvalue weighted by Crippen LogP contribution is -2.32. The van der Waals surface area contributed by atoms with Gasteiger partial charge in [0.2, 0.25) is 5.91 Å². The molecule has 2 aromatic rings. The number of nitrogens with zero attached hydrogens (tertiary/aromatic N) is 4. The molecule has 1 aliphatic heterocycles. The zero-order valence-corrected chi connectivity index (χ0v) is 12.9. The number of aromatic amines is 1. The summed E-state index contributed by atoms with van der Waals surface area (Å²) in [5.41, 5.74) is 0.00998. The van der Waals surface area contributed by atoms with E-state index in [2.05, 4.69) is 20.6 Å². The van der Waals surface area contributed by atoms with Crippen molar-refractivity contribution in [1.29, 1.82) is 0 Å². The average molecular weight is 339 g/mol. The van der Waals surface area contributed by atoms with Gasteiger partial charge in [0, 0.05) is 6.54 Å². The van der Waals surface area contributed by atoms with Crippen LogP contribution in [0.2, 0.25) is 0 Å². The molecule has 0 saturated carbocycles. The van der Waals surface area contributed by atoms with E-state index in [-0.39, 0.29) is 24.3 Å². The fraction of sp³-hybridized carbons (Fsp3) is 0.467. The van der Waals surface area contributed by atoms with Crippen molar-refractivity contribution < 1.29 is 18.0 Å². The first-order valence-electron chi connectivity index (χ1n) is 7.53. The molecule has 0 unspecified atom stereocenters. The van der Waals surface area contributed by atoms with Crippen LogP contribution in [-0.2, 0) is 17.4 Å². The van der Waals surface area contributed by atoms with Crippen LogP contribution >= 0.6 is 0 Å². The van der Waals surface area contributed by atoms with Gasteiger partial charge in [-0.3, -0.25) is 4.79 Å². The van der Waals surface area contributed by atoms with Crippen molar-refractivity contribution in [2.75, 3.05) is 6.54 Å². The van der Waals surface area contributed by atoms with E-state index in [1.165, 1.54) is 12.1 Å². The van der Waals surface area contributed by atoms with Crippen molar-refractivity contribution in [2.45, 2.75) is 32.0 Å². The number of carbonyl (C=O) groups excluding carboxylic acids is 1. The minimum Gasteiger partial charge on any atom is -0.335 e. The molecule has 1 fully saturated rings. The summed E-state index contributed by atoms with van der Waals surface area (Å²) in [7, 11) is 0. The topological polar surface area (TPSA) is 74.8 Å². The second kappa shape index (κ2) is 6.21. The number of likely N-dealkylation sites (tertiary alicyclic amines) is 1. The van der Waals surface area contributed by atoms with Crippen molar-refractivity contribution in [2.24, 2.45) is 5.92 Å². The Bertz CT molecular complexity index is 699. The van der Waals surface area contributed by atoms with Gasteiger partial charge in [-0.1, -0.05) is 24.3 Å². The number of hydrogen-bond acceptors (Lipinski definition) is 4. The standard InChI is InChI=1S/C15H16F3N5O/c1-9-6-12(10-2-4-11(5-3-10)15(16,17)18)23(8-9)14(24)7-13-19-21-22-20-13/h2-5,9,12H,6-8H2,1H3,(H,19,20,21,22)/t9-,12-/m1/s1. The molecule has 1 aromatic heterocycles. The molecule has 2 atom stereocenters. The van der Waals surface area contributed by atoms with E-state index in [0.29, 0.717) is 24.4 Å². The molecule has 9 heteroatoms. The second-order valence-corrected chi connectivity index (χ2v) is 6.03. The van der Waals surface area contributed by atoms with Gasteiger partial charge in [-0.25, -0.2) is 0 Å². The monoisotopic (exact) mass is 339 g/mol. The number of hydrogen-bond donors (Lipinski definition) is 1. The Morgan fingerprint density at radius 2 is 2.04 bits per heavy atom. The molecule has 24 heavy (non-hydrogen) atoms. The van der Waals surface area contributed by atoms with Gasteiger partial charge in [0.15, 0.2) is 5.82 Å². The number of alkyl halides is 3. The molecule has 128 valence electrons. The van der Waals surface area contributed by atoms with E-state index < -0.39 is 11.7 Å². The Hall–Kier alpha value is -2.45. The highest BCUT2D eigenvalue weighted by molar-refractivity contribution is 5.78. The summed E-state index contributed by atoms with van der Waals surface area (Å²) in [6, 6.07) is 4.77. The van der Waals surface area contributed by atoms with Gasteiger partial charge >= 0.3 is 6.18 Å². The Morgan fingerprint density at radius 1 is 1.33 bits per heavy atom. The van der Waals surface area contributed by atoms with E-state index in [9.17, 15) is 18.0 Å². The number of halogens is 3. The summed E-state index contributed by atoms with van der Waals surface area (Å²) < 4.78 is 38.1. The van der Waals surface area contributed by atoms with Gasteiger partial charge < -0.3 is 4.90 Å². The lowest BCUT2D eigenvalue weighted by atomic mass is 9.99. The minimum absolute atomic E-state index is 0.0142. The van der Waals surface area contributed by atoms with Gasteiger partial charge in [-0.15, -0.1) is 10.2 Å². The Balaban J connectivity index is 1.78. The Kier molecular flexibility index (Phi) is 4.25. The summed E-state index contributed by atoms with van der Waals surface area (Å²) in [6.07, 6.45) is -3.64. The molecule has 3 rings (SSSR count). The molecule has 1 amide bonds. The molecule has 0 bridgehead atoms. The fourth-order valence-electron chi connectivity index (χ4n) is 3.03. The SMILES string of the molecule is C[C@@H]1C[C@H](c2ccc(C(F)(F)F)cc2)N(C(=O)Cc2nn[nH]n2)C1. The zero-order valence-electron chi connectivity index (χ0n) is 12.9. The third kappa shape index (κ3) is 3.39. The first-order valence-corrected chi connectivity index (χ1v) is 7.53. The van der Waals surface area contributed by atoms with Crippen molar-refractivity contribution in [3.8, 4) is 0 Å². The molecule has 1 N–H and O–H groups in total. The molecule has 6 nitrogen and oxygen atoms in total. The maximum atomic E-state index is 12.7. The van der Waals surface area contributed by atoms with Crippen molar-refractivity contribution in [3.63, 3.8) is 0 Å². The Labute approximate surface area is 136 Å². The molecule has 1 aromatic carbocycles.